The summed E-state index contributed by atoms with van der Waals surface area (Å²) in [7, 11) is 1.90. The highest BCUT2D eigenvalue weighted by atomic mass is 16.5. The number of nitriles is 1. The van der Waals surface area contributed by atoms with Gasteiger partial charge < -0.3 is 9.64 Å². The average Bonchev–Trinajstić information content (AvgIpc) is 2.15. The van der Waals surface area contributed by atoms with Crippen LogP contribution in [0.2, 0.25) is 0 Å². The van der Waals surface area contributed by atoms with Gasteiger partial charge in [0, 0.05) is 19.5 Å². The number of ether oxygens (including phenoxy) is 1. The molecular weight excluding hydrogens is 180 g/mol. The quantitative estimate of drug-likeness (QED) is 0.598. The predicted octanol–water partition coefficient (Wildman–Crippen LogP) is 1.03. The number of nitrogens with zero attached hydrogens (tertiary/aromatic N) is 2. The fraction of sp³-hybridized carbons (Fsp3) is 0.800. The Bertz CT molecular complexity index is 211. The minimum absolute atomic E-state index is 0.126. The van der Waals surface area contributed by atoms with E-state index in [1.54, 1.807) is 6.92 Å². The molecule has 0 aliphatic heterocycles. The lowest BCUT2D eigenvalue weighted by atomic mass is 10.2. The van der Waals surface area contributed by atoms with Crippen LogP contribution in [0.5, 0.6) is 0 Å². The van der Waals surface area contributed by atoms with Gasteiger partial charge in [-0.1, -0.05) is 6.92 Å². The van der Waals surface area contributed by atoms with Crippen LogP contribution in [0.15, 0.2) is 0 Å². The smallest absolute Gasteiger partial charge is 0.309 e. The molecule has 0 fully saturated rings. The monoisotopic (exact) mass is 198 g/mol. The Balaban J connectivity index is 3.75. The molecule has 0 rings (SSSR count). The molecule has 0 aliphatic carbocycles. The summed E-state index contributed by atoms with van der Waals surface area (Å²) in [5, 5.41) is 8.37. The van der Waals surface area contributed by atoms with E-state index >= 15 is 0 Å². The molecule has 1 unspecified atom stereocenters. The molecule has 0 saturated heterocycles. The van der Waals surface area contributed by atoms with Crippen LogP contribution in [-0.2, 0) is 9.53 Å². The summed E-state index contributed by atoms with van der Waals surface area (Å²) in [6, 6.07) is 2.07. The summed E-state index contributed by atoms with van der Waals surface area (Å²) in [6.45, 7) is 5.39. The fourth-order valence-corrected chi connectivity index (χ4v) is 1.16. The van der Waals surface area contributed by atoms with Gasteiger partial charge in [0.1, 0.15) is 0 Å². The van der Waals surface area contributed by atoms with E-state index in [1.807, 2.05) is 18.9 Å². The third kappa shape index (κ3) is 5.55. The molecule has 0 radical (unpaired) electrons. The second-order valence-electron chi connectivity index (χ2n) is 3.32. The van der Waals surface area contributed by atoms with Crippen molar-refractivity contribution in [3.05, 3.63) is 0 Å². The molecule has 4 nitrogen and oxygen atoms in total. The summed E-state index contributed by atoms with van der Waals surface area (Å²) in [4.78, 5) is 13.2. The van der Waals surface area contributed by atoms with Crippen LogP contribution >= 0.6 is 0 Å². The first-order chi connectivity index (χ1) is 6.61. The van der Waals surface area contributed by atoms with Crippen molar-refractivity contribution in [3.63, 3.8) is 0 Å². The Labute approximate surface area is 85.5 Å². The maximum atomic E-state index is 11.2. The van der Waals surface area contributed by atoms with E-state index in [-0.39, 0.29) is 11.9 Å². The molecule has 80 valence electrons. The molecule has 14 heavy (non-hydrogen) atoms. The van der Waals surface area contributed by atoms with Crippen LogP contribution in [-0.4, -0.2) is 37.6 Å². The topological polar surface area (TPSA) is 53.3 Å². The predicted molar refractivity (Wildman–Crippen MR) is 53.5 cm³/mol. The first kappa shape index (κ1) is 12.9. The Morgan fingerprint density at radius 2 is 2.29 bits per heavy atom. The van der Waals surface area contributed by atoms with Gasteiger partial charge in [-0.05, 0) is 14.0 Å². The molecular formula is C10H18N2O2. The third-order valence-corrected chi connectivity index (χ3v) is 1.88. The van der Waals surface area contributed by atoms with Crippen molar-refractivity contribution in [3.8, 4) is 6.07 Å². The SMILES string of the molecule is CCOC(=O)C(C)CN(C)CCC#N. The van der Waals surface area contributed by atoms with E-state index in [4.69, 9.17) is 10.00 Å². The molecule has 4 heteroatoms. The van der Waals surface area contributed by atoms with Crippen LogP contribution < -0.4 is 0 Å². The van der Waals surface area contributed by atoms with Crippen LogP contribution in [0.25, 0.3) is 0 Å². The van der Waals surface area contributed by atoms with Gasteiger partial charge in [0.15, 0.2) is 0 Å². The fourth-order valence-electron chi connectivity index (χ4n) is 1.16. The molecule has 0 aromatic rings. The van der Waals surface area contributed by atoms with E-state index in [0.29, 0.717) is 26.1 Å². The zero-order valence-electron chi connectivity index (χ0n) is 9.12. The number of esters is 1. The number of carbonyl (C=O) groups excluding carboxylic acids is 1. The molecule has 0 saturated carbocycles. The molecule has 0 amide bonds. The van der Waals surface area contributed by atoms with E-state index in [2.05, 4.69) is 6.07 Å². The lowest BCUT2D eigenvalue weighted by Gasteiger charge is -2.18. The second-order valence-corrected chi connectivity index (χ2v) is 3.32. The van der Waals surface area contributed by atoms with Gasteiger partial charge in [-0.3, -0.25) is 4.79 Å². The third-order valence-electron chi connectivity index (χ3n) is 1.88. The molecule has 1 atom stereocenters. The summed E-state index contributed by atoms with van der Waals surface area (Å²) in [6.07, 6.45) is 0.492. The van der Waals surface area contributed by atoms with Crippen LogP contribution in [0, 0.1) is 17.2 Å². The van der Waals surface area contributed by atoms with E-state index in [1.165, 1.54) is 0 Å². The summed E-state index contributed by atoms with van der Waals surface area (Å²) < 4.78 is 4.88. The molecule has 0 N–H and O–H groups in total. The minimum Gasteiger partial charge on any atom is -0.466 e. The minimum atomic E-state index is -0.170. The lowest BCUT2D eigenvalue weighted by Crippen LogP contribution is -2.30. The number of rotatable bonds is 6. The maximum Gasteiger partial charge on any atom is 0.309 e. The van der Waals surface area contributed by atoms with Gasteiger partial charge in [-0.15, -0.1) is 0 Å². The second kappa shape index (κ2) is 7.34. The zero-order chi connectivity index (χ0) is 11.0. The zero-order valence-corrected chi connectivity index (χ0v) is 9.12. The average molecular weight is 198 g/mol. The van der Waals surface area contributed by atoms with Gasteiger partial charge >= 0.3 is 5.97 Å². The Morgan fingerprint density at radius 1 is 1.64 bits per heavy atom. The van der Waals surface area contributed by atoms with Crippen LogP contribution in [0.3, 0.4) is 0 Å². The highest BCUT2D eigenvalue weighted by Gasteiger charge is 2.15. The molecule has 0 aromatic heterocycles. The van der Waals surface area contributed by atoms with E-state index in [0.717, 1.165) is 0 Å². The first-order valence-electron chi connectivity index (χ1n) is 4.84. The maximum absolute atomic E-state index is 11.2. The van der Waals surface area contributed by atoms with Crippen molar-refractivity contribution >= 4 is 5.97 Å². The van der Waals surface area contributed by atoms with Crippen LogP contribution in [0.1, 0.15) is 20.3 Å². The Morgan fingerprint density at radius 3 is 2.79 bits per heavy atom. The highest BCUT2D eigenvalue weighted by molar-refractivity contribution is 5.72. The van der Waals surface area contributed by atoms with Crippen molar-refractivity contribution in [1.82, 2.24) is 4.90 Å². The van der Waals surface area contributed by atoms with Crippen molar-refractivity contribution in [2.75, 3.05) is 26.7 Å². The Kier molecular flexibility index (Phi) is 6.77. The van der Waals surface area contributed by atoms with Crippen molar-refractivity contribution < 1.29 is 9.53 Å². The first-order valence-corrected chi connectivity index (χ1v) is 4.84. The summed E-state index contributed by atoms with van der Waals surface area (Å²) >= 11 is 0. The van der Waals surface area contributed by atoms with Gasteiger partial charge in [0.05, 0.1) is 18.6 Å². The Hall–Kier alpha value is -1.08. The highest BCUT2D eigenvalue weighted by Crippen LogP contribution is 2.01. The van der Waals surface area contributed by atoms with Gasteiger partial charge in [-0.2, -0.15) is 5.26 Å². The molecule has 0 aliphatic rings. The van der Waals surface area contributed by atoms with Crippen molar-refractivity contribution in [2.24, 2.45) is 5.92 Å². The van der Waals surface area contributed by atoms with Crippen LogP contribution in [0.4, 0.5) is 0 Å². The summed E-state index contributed by atoms with van der Waals surface area (Å²) in [5.41, 5.74) is 0. The summed E-state index contributed by atoms with van der Waals surface area (Å²) in [5.74, 6) is -0.296. The standard InChI is InChI=1S/C10H18N2O2/c1-4-14-10(13)9(2)8-12(3)7-5-6-11/h9H,4-5,7-8H2,1-3H3. The largest absolute Gasteiger partial charge is 0.466 e. The van der Waals surface area contributed by atoms with Crippen molar-refractivity contribution in [1.29, 1.82) is 5.26 Å². The van der Waals surface area contributed by atoms with E-state index in [9.17, 15) is 4.79 Å². The number of hydrogen-bond donors (Lipinski definition) is 0. The van der Waals surface area contributed by atoms with Crippen molar-refractivity contribution in [2.45, 2.75) is 20.3 Å². The molecule has 0 spiro atoms. The molecule has 0 heterocycles. The van der Waals surface area contributed by atoms with Gasteiger partial charge in [0.25, 0.3) is 0 Å². The lowest BCUT2D eigenvalue weighted by molar-refractivity contribution is -0.147. The van der Waals surface area contributed by atoms with E-state index < -0.39 is 0 Å². The number of hydrogen-bond acceptors (Lipinski definition) is 4. The normalized spacial score (nSPS) is 12.2. The molecule has 0 bridgehead atoms. The van der Waals surface area contributed by atoms with Gasteiger partial charge in [0.2, 0.25) is 0 Å². The number of carbonyl (C=O) groups is 1. The molecule has 0 aromatic carbocycles. The van der Waals surface area contributed by atoms with Gasteiger partial charge in [-0.25, -0.2) is 0 Å².